The summed E-state index contributed by atoms with van der Waals surface area (Å²) < 4.78 is 1.64. The number of nitrogens with one attached hydrogen (secondary N) is 2. The van der Waals surface area contributed by atoms with Crippen LogP contribution in [0.5, 0.6) is 0 Å². The van der Waals surface area contributed by atoms with E-state index in [0.29, 0.717) is 34.3 Å². The number of allylic oxidation sites excluding steroid dienone is 1. The monoisotopic (exact) mass is 496 g/mol. The lowest BCUT2D eigenvalue weighted by Gasteiger charge is -2.28. The molecule has 0 fully saturated rings. The average Bonchev–Trinajstić information content (AvgIpc) is 3.32. The van der Waals surface area contributed by atoms with Gasteiger partial charge in [-0.2, -0.15) is 4.98 Å². The Morgan fingerprint density at radius 3 is 2.46 bits per heavy atom. The lowest BCUT2D eigenvalue weighted by Crippen LogP contribution is -2.31. The van der Waals surface area contributed by atoms with Crippen LogP contribution in [-0.4, -0.2) is 44.7 Å². The topological polar surface area (TPSA) is 131 Å². The standard InChI is InChI=1S/C26H24N8O3/c1-16-22(25(35)29-19-5-4-14-27-15-19)23(17-6-12-21(13-7-17)34(36)37)33-26(28-16)30-24(31-33)18-8-10-20(11-9-18)32(2)3/h4-15,23H,1-3H3,(H,29,35)(H,28,30,31). The van der Waals surface area contributed by atoms with Crippen LogP contribution in [0.1, 0.15) is 18.5 Å². The summed E-state index contributed by atoms with van der Waals surface area (Å²) in [5.74, 6) is 0.603. The van der Waals surface area contributed by atoms with Crippen LogP contribution < -0.4 is 15.5 Å². The molecule has 1 unspecified atom stereocenters. The first-order valence-electron chi connectivity index (χ1n) is 11.5. The zero-order valence-corrected chi connectivity index (χ0v) is 20.4. The quantitative estimate of drug-likeness (QED) is 0.299. The number of nitro benzene ring substituents is 1. The Balaban J connectivity index is 1.58. The number of aromatic nitrogens is 4. The van der Waals surface area contributed by atoms with Crippen LogP contribution >= 0.6 is 0 Å². The molecule has 0 bridgehead atoms. The van der Waals surface area contributed by atoms with Crippen molar-refractivity contribution in [3.63, 3.8) is 0 Å². The number of nitro groups is 1. The number of anilines is 3. The van der Waals surface area contributed by atoms with Gasteiger partial charge in [0.05, 0.1) is 22.4 Å². The molecule has 0 radical (unpaired) electrons. The summed E-state index contributed by atoms with van der Waals surface area (Å²) in [5, 5.41) is 22.1. The van der Waals surface area contributed by atoms with Crippen LogP contribution in [0.2, 0.25) is 0 Å². The Hall–Kier alpha value is -5.06. The van der Waals surface area contributed by atoms with Crippen LogP contribution in [0.4, 0.5) is 23.0 Å². The second-order valence-electron chi connectivity index (χ2n) is 8.76. The van der Waals surface area contributed by atoms with Gasteiger partial charge in [-0.3, -0.25) is 19.9 Å². The van der Waals surface area contributed by atoms with E-state index < -0.39 is 11.0 Å². The van der Waals surface area contributed by atoms with Gasteiger partial charge in [0.1, 0.15) is 6.04 Å². The third-order valence-electron chi connectivity index (χ3n) is 6.08. The molecule has 1 aliphatic rings. The lowest BCUT2D eigenvalue weighted by molar-refractivity contribution is -0.384. The van der Waals surface area contributed by atoms with Crippen molar-refractivity contribution in [1.82, 2.24) is 19.7 Å². The van der Waals surface area contributed by atoms with Crippen LogP contribution in [-0.2, 0) is 4.79 Å². The van der Waals surface area contributed by atoms with E-state index in [-0.39, 0.29) is 11.6 Å². The molecule has 3 heterocycles. The molecule has 4 aromatic rings. The molecule has 2 aromatic carbocycles. The summed E-state index contributed by atoms with van der Waals surface area (Å²) in [6, 6.07) is 16.7. The second kappa shape index (κ2) is 9.53. The number of hydrogen-bond acceptors (Lipinski definition) is 8. The first-order chi connectivity index (χ1) is 17.8. The van der Waals surface area contributed by atoms with Crippen molar-refractivity contribution in [2.45, 2.75) is 13.0 Å². The van der Waals surface area contributed by atoms with Gasteiger partial charge in [-0.05, 0) is 61.0 Å². The zero-order chi connectivity index (χ0) is 26.1. The molecular formula is C26H24N8O3. The van der Waals surface area contributed by atoms with Crippen LogP contribution in [0.15, 0.2) is 84.3 Å². The first kappa shape index (κ1) is 23.7. The fraction of sp³-hybridized carbons (Fsp3) is 0.154. The van der Waals surface area contributed by atoms with Crippen LogP contribution in [0.3, 0.4) is 0 Å². The highest BCUT2D eigenvalue weighted by Gasteiger charge is 2.34. The number of pyridine rings is 1. The minimum absolute atomic E-state index is 0.0415. The van der Waals surface area contributed by atoms with Gasteiger partial charge in [0.25, 0.3) is 11.6 Å². The van der Waals surface area contributed by atoms with Gasteiger partial charge in [-0.25, -0.2) is 4.68 Å². The minimum atomic E-state index is -0.670. The lowest BCUT2D eigenvalue weighted by atomic mass is 9.95. The number of carbonyl (C=O) groups is 1. The van der Waals surface area contributed by atoms with Crippen molar-refractivity contribution >= 4 is 28.9 Å². The maximum absolute atomic E-state index is 13.5. The van der Waals surface area contributed by atoms with Gasteiger partial charge in [-0.1, -0.05) is 0 Å². The van der Waals surface area contributed by atoms with Crippen molar-refractivity contribution in [1.29, 1.82) is 0 Å². The van der Waals surface area contributed by atoms with Gasteiger partial charge >= 0.3 is 0 Å². The number of amides is 1. The molecule has 11 nitrogen and oxygen atoms in total. The Labute approximate surface area is 212 Å². The number of fused-ring (bicyclic) bond motifs is 1. The summed E-state index contributed by atoms with van der Waals surface area (Å²) >= 11 is 0. The Bertz CT molecular complexity index is 1490. The van der Waals surface area contributed by atoms with Gasteiger partial charge in [0, 0.05) is 49.4 Å². The zero-order valence-electron chi connectivity index (χ0n) is 20.4. The summed E-state index contributed by atoms with van der Waals surface area (Å²) in [5.41, 5.74) is 4.02. The average molecular weight is 497 g/mol. The molecule has 0 aliphatic carbocycles. The van der Waals surface area contributed by atoms with E-state index in [4.69, 9.17) is 5.10 Å². The molecule has 2 N–H and O–H groups in total. The minimum Gasteiger partial charge on any atom is -0.378 e. The summed E-state index contributed by atoms with van der Waals surface area (Å²) in [6.07, 6.45) is 3.18. The SMILES string of the molecule is CC1=C(C(=O)Nc2cccnc2)C(c2ccc([N+](=O)[O-])cc2)n2nc(-c3ccc(N(C)C)cc3)nc2N1. The van der Waals surface area contributed by atoms with Crippen LogP contribution in [0.25, 0.3) is 11.4 Å². The highest BCUT2D eigenvalue weighted by molar-refractivity contribution is 6.06. The van der Waals surface area contributed by atoms with E-state index in [9.17, 15) is 14.9 Å². The van der Waals surface area contributed by atoms with Gasteiger partial charge in [-0.15, -0.1) is 5.10 Å². The Morgan fingerprint density at radius 1 is 1.11 bits per heavy atom. The Morgan fingerprint density at radius 2 is 1.84 bits per heavy atom. The van der Waals surface area contributed by atoms with E-state index >= 15 is 0 Å². The fourth-order valence-corrected chi connectivity index (χ4v) is 4.20. The van der Waals surface area contributed by atoms with E-state index in [2.05, 4.69) is 20.6 Å². The van der Waals surface area contributed by atoms with Crippen LogP contribution in [0, 0.1) is 10.1 Å². The summed E-state index contributed by atoms with van der Waals surface area (Å²) in [6.45, 7) is 1.79. The number of nitrogens with zero attached hydrogens (tertiary/aromatic N) is 6. The summed E-state index contributed by atoms with van der Waals surface area (Å²) in [4.78, 5) is 35.0. The fourth-order valence-electron chi connectivity index (χ4n) is 4.20. The number of carbonyl (C=O) groups excluding carboxylic acids is 1. The van der Waals surface area contributed by atoms with E-state index in [1.54, 1.807) is 48.3 Å². The maximum atomic E-state index is 13.5. The van der Waals surface area contributed by atoms with Gasteiger partial charge in [0.2, 0.25) is 5.95 Å². The normalized spacial score (nSPS) is 14.5. The third kappa shape index (κ3) is 4.61. The van der Waals surface area contributed by atoms with Crippen molar-refractivity contribution in [3.05, 3.63) is 100 Å². The van der Waals surface area contributed by atoms with E-state index in [0.717, 1.165) is 11.3 Å². The second-order valence-corrected chi connectivity index (χ2v) is 8.76. The molecule has 11 heteroatoms. The highest BCUT2D eigenvalue weighted by atomic mass is 16.6. The molecule has 186 valence electrons. The molecule has 5 rings (SSSR count). The number of non-ortho nitro benzene ring substituents is 1. The molecule has 2 aromatic heterocycles. The van der Waals surface area contributed by atoms with E-state index in [1.807, 2.05) is 43.3 Å². The van der Waals surface area contributed by atoms with Crippen molar-refractivity contribution in [3.8, 4) is 11.4 Å². The van der Waals surface area contributed by atoms with Crippen molar-refractivity contribution < 1.29 is 9.72 Å². The predicted molar refractivity (Wildman–Crippen MR) is 140 cm³/mol. The molecule has 0 saturated carbocycles. The molecular weight excluding hydrogens is 472 g/mol. The van der Waals surface area contributed by atoms with E-state index in [1.165, 1.54) is 12.1 Å². The molecule has 1 aliphatic heterocycles. The number of benzene rings is 2. The molecule has 1 amide bonds. The smallest absolute Gasteiger partial charge is 0.269 e. The third-order valence-corrected chi connectivity index (χ3v) is 6.08. The number of rotatable bonds is 6. The van der Waals surface area contributed by atoms with Gasteiger partial charge < -0.3 is 15.5 Å². The molecule has 37 heavy (non-hydrogen) atoms. The maximum Gasteiger partial charge on any atom is 0.269 e. The van der Waals surface area contributed by atoms with Gasteiger partial charge in [0.15, 0.2) is 5.82 Å². The predicted octanol–water partition coefficient (Wildman–Crippen LogP) is 4.24. The first-order valence-corrected chi connectivity index (χ1v) is 11.5. The molecule has 1 atom stereocenters. The number of hydrogen-bond donors (Lipinski definition) is 2. The Kier molecular flexibility index (Phi) is 6.10. The molecule has 0 saturated heterocycles. The largest absolute Gasteiger partial charge is 0.378 e. The van der Waals surface area contributed by atoms with Crippen molar-refractivity contribution in [2.75, 3.05) is 29.6 Å². The highest BCUT2D eigenvalue weighted by Crippen LogP contribution is 2.37. The molecule has 0 spiro atoms. The van der Waals surface area contributed by atoms with Crippen molar-refractivity contribution in [2.24, 2.45) is 0 Å². The summed E-state index contributed by atoms with van der Waals surface area (Å²) in [7, 11) is 3.93.